The molecule has 0 amide bonds. The molecule has 3 aliphatic rings. The Morgan fingerprint density at radius 3 is 2.54 bits per heavy atom. The maximum absolute atomic E-state index is 6.61. The number of nitrogens with zero attached hydrogens (tertiary/aromatic N) is 4. The molecule has 0 N–H and O–H groups in total. The van der Waals surface area contributed by atoms with E-state index in [1.54, 1.807) is 6.33 Å². The largest absolute Gasteiger partial charge is 0.370 e. The lowest BCUT2D eigenvalue weighted by Crippen LogP contribution is -2.49. The number of ether oxygens (including phenoxy) is 1. The Labute approximate surface area is 145 Å². The van der Waals surface area contributed by atoms with Gasteiger partial charge in [-0.1, -0.05) is 25.7 Å². The van der Waals surface area contributed by atoms with E-state index in [-0.39, 0.29) is 5.60 Å². The van der Waals surface area contributed by atoms with Gasteiger partial charge in [-0.15, -0.1) is 0 Å². The summed E-state index contributed by atoms with van der Waals surface area (Å²) in [6.07, 6.45) is 14.6. The van der Waals surface area contributed by atoms with Crippen LogP contribution in [0.4, 0.5) is 5.82 Å². The van der Waals surface area contributed by atoms with Gasteiger partial charge in [-0.2, -0.15) is 0 Å². The molecule has 5 nitrogen and oxygen atoms in total. The van der Waals surface area contributed by atoms with Crippen molar-refractivity contribution in [1.29, 1.82) is 0 Å². The topological polar surface area (TPSA) is 41.5 Å². The van der Waals surface area contributed by atoms with Gasteiger partial charge in [0.1, 0.15) is 12.1 Å². The van der Waals surface area contributed by atoms with E-state index in [2.05, 4.69) is 19.8 Å². The van der Waals surface area contributed by atoms with Crippen molar-refractivity contribution in [2.45, 2.75) is 63.1 Å². The zero-order chi connectivity index (χ0) is 16.2. The predicted molar refractivity (Wildman–Crippen MR) is 95.2 cm³/mol. The molecule has 3 fully saturated rings. The first-order chi connectivity index (χ1) is 11.8. The second kappa shape index (κ2) is 7.36. The first-order valence-electron chi connectivity index (χ1n) is 9.74. The molecular weight excluding hydrogens is 300 g/mol. The lowest BCUT2D eigenvalue weighted by Gasteiger charge is -2.37. The normalized spacial score (nSPS) is 28.2. The highest BCUT2D eigenvalue weighted by Gasteiger charge is 2.40. The van der Waals surface area contributed by atoms with Crippen molar-refractivity contribution in [2.24, 2.45) is 0 Å². The van der Waals surface area contributed by atoms with Gasteiger partial charge < -0.3 is 9.64 Å². The highest BCUT2D eigenvalue weighted by Crippen LogP contribution is 2.41. The average Bonchev–Trinajstić information content (AvgIpc) is 2.87. The maximum Gasteiger partial charge on any atom is 0.131 e. The highest BCUT2D eigenvalue weighted by molar-refractivity contribution is 5.36. The number of hydrogen-bond acceptors (Lipinski definition) is 5. The minimum Gasteiger partial charge on any atom is -0.370 e. The van der Waals surface area contributed by atoms with Gasteiger partial charge in [0.15, 0.2) is 0 Å². The van der Waals surface area contributed by atoms with Crippen LogP contribution in [0.3, 0.4) is 0 Å². The third-order valence-corrected chi connectivity index (χ3v) is 6.08. The van der Waals surface area contributed by atoms with Crippen LogP contribution < -0.4 is 4.90 Å². The van der Waals surface area contributed by atoms with Gasteiger partial charge in [0.05, 0.1) is 11.7 Å². The number of piperazine rings is 1. The Kier molecular flexibility index (Phi) is 4.99. The minimum absolute atomic E-state index is 0.240. The van der Waals surface area contributed by atoms with Crippen molar-refractivity contribution < 1.29 is 4.74 Å². The molecule has 1 aromatic heterocycles. The molecule has 2 aliphatic heterocycles. The quantitative estimate of drug-likeness (QED) is 0.852. The van der Waals surface area contributed by atoms with E-state index in [1.165, 1.54) is 51.4 Å². The summed E-state index contributed by atoms with van der Waals surface area (Å²) in [5.41, 5.74) is 0.240. The molecule has 4 rings (SSSR count). The molecule has 3 heterocycles. The Bertz CT molecular complexity index is 507. The van der Waals surface area contributed by atoms with Gasteiger partial charge in [-0.05, 0) is 31.7 Å². The number of hydrogen-bond donors (Lipinski definition) is 0. The smallest absolute Gasteiger partial charge is 0.131 e. The summed E-state index contributed by atoms with van der Waals surface area (Å²) in [5.74, 6) is 1.05. The predicted octanol–water partition coefficient (Wildman–Crippen LogP) is 2.87. The molecule has 0 bridgehead atoms. The molecular formula is C19H30N4O. The second-order valence-electron chi connectivity index (χ2n) is 7.73. The van der Waals surface area contributed by atoms with Crippen LogP contribution in [0.2, 0.25) is 0 Å². The molecule has 1 saturated carbocycles. The van der Waals surface area contributed by atoms with Crippen molar-refractivity contribution in [3.05, 3.63) is 18.6 Å². The standard InChI is InChI=1S/C19H30N4O/c1-2-4-8-19(7-3-1)9-5-17(24-19)15-22-11-13-23(14-12-22)18-6-10-20-16-21-18/h6,10,16-17H,1-5,7-9,11-15H2. The van der Waals surface area contributed by atoms with Gasteiger partial charge in [0.25, 0.3) is 0 Å². The number of aromatic nitrogens is 2. The maximum atomic E-state index is 6.61. The van der Waals surface area contributed by atoms with Crippen LogP contribution >= 0.6 is 0 Å². The van der Waals surface area contributed by atoms with E-state index in [1.807, 2.05) is 12.3 Å². The molecule has 0 aromatic carbocycles. The van der Waals surface area contributed by atoms with Crippen molar-refractivity contribution in [3.8, 4) is 0 Å². The van der Waals surface area contributed by atoms with Crippen LogP contribution in [-0.2, 0) is 4.74 Å². The van der Waals surface area contributed by atoms with Crippen molar-refractivity contribution in [2.75, 3.05) is 37.6 Å². The molecule has 1 unspecified atom stereocenters. The van der Waals surface area contributed by atoms with Crippen LogP contribution in [0.1, 0.15) is 51.4 Å². The van der Waals surface area contributed by atoms with Crippen LogP contribution in [0, 0.1) is 0 Å². The third-order valence-electron chi connectivity index (χ3n) is 6.08. The van der Waals surface area contributed by atoms with Gasteiger partial charge >= 0.3 is 0 Å². The van der Waals surface area contributed by atoms with Gasteiger partial charge in [-0.3, -0.25) is 4.90 Å². The van der Waals surface area contributed by atoms with Gasteiger partial charge in [0, 0.05) is 38.9 Å². The fraction of sp³-hybridized carbons (Fsp3) is 0.789. The monoisotopic (exact) mass is 330 g/mol. The lowest BCUT2D eigenvalue weighted by molar-refractivity contribution is -0.0606. The highest BCUT2D eigenvalue weighted by atomic mass is 16.5. The summed E-state index contributed by atoms with van der Waals surface area (Å²) in [7, 11) is 0. The molecule has 1 aliphatic carbocycles. The average molecular weight is 330 g/mol. The van der Waals surface area contributed by atoms with E-state index in [0.29, 0.717) is 6.10 Å². The van der Waals surface area contributed by atoms with E-state index < -0.39 is 0 Å². The second-order valence-corrected chi connectivity index (χ2v) is 7.73. The summed E-state index contributed by atoms with van der Waals surface area (Å²) in [6, 6.07) is 2.01. The van der Waals surface area contributed by atoms with Crippen molar-refractivity contribution >= 4 is 5.82 Å². The molecule has 1 atom stereocenters. The zero-order valence-electron chi connectivity index (χ0n) is 14.7. The van der Waals surface area contributed by atoms with E-state index in [4.69, 9.17) is 4.74 Å². The summed E-state index contributed by atoms with van der Waals surface area (Å²) >= 11 is 0. The Balaban J connectivity index is 1.26. The van der Waals surface area contributed by atoms with Crippen molar-refractivity contribution in [1.82, 2.24) is 14.9 Å². The fourth-order valence-electron chi connectivity index (χ4n) is 4.68. The molecule has 0 radical (unpaired) electrons. The number of anilines is 1. The zero-order valence-corrected chi connectivity index (χ0v) is 14.7. The Hall–Kier alpha value is -1.20. The molecule has 1 aromatic rings. The molecule has 2 saturated heterocycles. The van der Waals surface area contributed by atoms with E-state index >= 15 is 0 Å². The summed E-state index contributed by atoms with van der Waals surface area (Å²) < 4.78 is 6.61. The number of rotatable bonds is 3. The molecule has 1 spiro atoms. The lowest BCUT2D eigenvalue weighted by atomic mass is 9.91. The SMILES string of the molecule is c1cc(N2CCN(CC3CCC4(CCCCCC4)O3)CC2)ncn1. The van der Waals surface area contributed by atoms with Gasteiger partial charge in [0.2, 0.25) is 0 Å². The minimum atomic E-state index is 0.240. The first kappa shape index (κ1) is 16.3. The molecule has 132 valence electrons. The van der Waals surface area contributed by atoms with Crippen LogP contribution in [0.15, 0.2) is 18.6 Å². The van der Waals surface area contributed by atoms with E-state index in [9.17, 15) is 0 Å². The summed E-state index contributed by atoms with van der Waals surface area (Å²) in [6.45, 7) is 5.43. The third kappa shape index (κ3) is 3.72. The van der Waals surface area contributed by atoms with Crippen LogP contribution in [-0.4, -0.2) is 59.3 Å². The van der Waals surface area contributed by atoms with Gasteiger partial charge in [-0.25, -0.2) is 9.97 Å². The summed E-state index contributed by atoms with van der Waals surface area (Å²) in [5, 5.41) is 0. The molecule has 24 heavy (non-hydrogen) atoms. The molecule has 5 heteroatoms. The van der Waals surface area contributed by atoms with E-state index in [0.717, 1.165) is 38.5 Å². The van der Waals surface area contributed by atoms with Crippen LogP contribution in [0.25, 0.3) is 0 Å². The first-order valence-corrected chi connectivity index (χ1v) is 9.74. The van der Waals surface area contributed by atoms with Crippen molar-refractivity contribution in [3.63, 3.8) is 0 Å². The summed E-state index contributed by atoms with van der Waals surface area (Å²) in [4.78, 5) is 13.3. The van der Waals surface area contributed by atoms with Crippen LogP contribution in [0.5, 0.6) is 0 Å². The Morgan fingerprint density at radius 2 is 1.83 bits per heavy atom. The Morgan fingerprint density at radius 1 is 1.04 bits per heavy atom. The fourth-order valence-corrected chi connectivity index (χ4v) is 4.68.